The summed E-state index contributed by atoms with van der Waals surface area (Å²) in [4.78, 5) is 12.9. The summed E-state index contributed by atoms with van der Waals surface area (Å²) in [5.41, 5.74) is 3.54. The van der Waals surface area contributed by atoms with Crippen molar-refractivity contribution in [2.24, 2.45) is 0 Å². The van der Waals surface area contributed by atoms with E-state index in [2.05, 4.69) is 10.0 Å². The normalized spacial score (nSPS) is 15.4. The van der Waals surface area contributed by atoms with Crippen molar-refractivity contribution in [1.29, 1.82) is 0 Å². The standard InChI is InChI=1S/C22H28N2O5S/c1-6-28-19-9-16-8-14(3)29-20(16)10-18(19)12-24-22(25)17-7-13(2)15(4)21(11-17)30(26,27)23-5/h7,9-11,14,23H,6,8,12H2,1-5H3,(H,24,25)/t14-/m1/s1. The largest absolute Gasteiger partial charge is 0.494 e. The van der Waals surface area contributed by atoms with Crippen LogP contribution in [0, 0.1) is 13.8 Å². The number of benzene rings is 2. The highest BCUT2D eigenvalue weighted by Crippen LogP contribution is 2.35. The Labute approximate surface area is 177 Å². The van der Waals surface area contributed by atoms with E-state index >= 15 is 0 Å². The minimum absolute atomic E-state index is 0.102. The van der Waals surface area contributed by atoms with E-state index in [1.54, 1.807) is 19.9 Å². The van der Waals surface area contributed by atoms with Crippen molar-refractivity contribution < 1.29 is 22.7 Å². The summed E-state index contributed by atoms with van der Waals surface area (Å²) >= 11 is 0. The lowest BCUT2D eigenvalue weighted by molar-refractivity contribution is 0.0950. The van der Waals surface area contributed by atoms with Crippen LogP contribution in [0.15, 0.2) is 29.2 Å². The van der Waals surface area contributed by atoms with Gasteiger partial charge in [0, 0.05) is 29.7 Å². The van der Waals surface area contributed by atoms with Crippen molar-refractivity contribution in [2.75, 3.05) is 13.7 Å². The van der Waals surface area contributed by atoms with Gasteiger partial charge in [-0.05, 0) is 70.1 Å². The zero-order valence-corrected chi connectivity index (χ0v) is 18.8. The average molecular weight is 433 g/mol. The molecule has 0 bridgehead atoms. The van der Waals surface area contributed by atoms with Gasteiger partial charge in [0.05, 0.1) is 11.5 Å². The SMILES string of the molecule is CCOc1cc2c(cc1CNC(=O)c1cc(C)c(C)c(S(=O)(=O)NC)c1)O[C@H](C)C2. The molecular weight excluding hydrogens is 404 g/mol. The molecule has 1 atom stereocenters. The third-order valence-electron chi connectivity index (χ3n) is 5.26. The summed E-state index contributed by atoms with van der Waals surface area (Å²) < 4.78 is 38.5. The van der Waals surface area contributed by atoms with Crippen LogP contribution in [0.1, 0.15) is 46.5 Å². The predicted molar refractivity (Wildman–Crippen MR) is 115 cm³/mol. The van der Waals surface area contributed by atoms with Gasteiger partial charge in [0.2, 0.25) is 10.0 Å². The molecule has 8 heteroatoms. The molecule has 3 rings (SSSR count). The molecule has 1 aliphatic heterocycles. The third kappa shape index (κ3) is 4.44. The fourth-order valence-electron chi connectivity index (χ4n) is 3.53. The van der Waals surface area contributed by atoms with E-state index in [1.165, 1.54) is 13.1 Å². The highest BCUT2D eigenvalue weighted by Gasteiger charge is 2.23. The molecule has 0 aliphatic carbocycles. The lowest BCUT2D eigenvalue weighted by atomic mass is 10.0. The van der Waals surface area contributed by atoms with E-state index in [9.17, 15) is 13.2 Å². The van der Waals surface area contributed by atoms with Crippen molar-refractivity contribution in [2.45, 2.75) is 51.7 Å². The van der Waals surface area contributed by atoms with E-state index in [1.807, 2.05) is 26.0 Å². The van der Waals surface area contributed by atoms with Crippen molar-refractivity contribution in [3.8, 4) is 11.5 Å². The predicted octanol–water partition coefficient (Wildman–Crippen LogP) is 2.86. The van der Waals surface area contributed by atoms with Crippen LogP contribution < -0.4 is 19.5 Å². The molecule has 2 N–H and O–H groups in total. The molecule has 0 fully saturated rings. The monoisotopic (exact) mass is 432 g/mol. The summed E-state index contributed by atoms with van der Waals surface area (Å²) in [7, 11) is -2.32. The van der Waals surface area contributed by atoms with Gasteiger partial charge < -0.3 is 14.8 Å². The maximum atomic E-state index is 12.8. The second-order valence-corrected chi connectivity index (χ2v) is 9.29. The Balaban J connectivity index is 1.85. The molecular formula is C22H28N2O5S. The zero-order valence-electron chi connectivity index (χ0n) is 18.0. The van der Waals surface area contributed by atoms with E-state index in [0.717, 1.165) is 28.9 Å². The molecule has 0 saturated carbocycles. The van der Waals surface area contributed by atoms with E-state index in [0.29, 0.717) is 17.9 Å². The van der Waals surface area contributed by atoms with Crippen LogP contribution in [0.5, 0.6) is 11.5 Å². The first-order valence-corrected chi connectivity index (χ1v) is 11.4. The van der Waals surface area contributed by atoms with Gasteiger partial charge in [0.1, 0.15) is 17.6 Å². The van der Waals surface area contributed by atoms with Gasteiger partial charge in [-0.2, -0.15) is 0 Å². The molecule has 1 aliphatic rings. The number of amides is 1. The van der Waals surface area contributed by atoms with Gasteiger partial charge >= 0.3 is 0 Å². The van der Waals surface area contributed by atoms with Gasteiger partial charge in [-0.1, -0.05) is 0 Å². The van der Waals surface area contributed by atoms with Gasteiger partial charge in [0.15, 0.2) is 0 Å². The lowest BCUT2D eigenvalue weighted by Crippen LogP contribution is -2.25. The molecule has 162 valence electrons. The summed E-state index contributed by atoms with van der Waals surface area (Å²) in [5, 5.41) is 2.87. The minimum atomic E-state index is -3.67. The molecule has 0 aromatic heterocycles. The highest BCUT2D eigenvalue weighted by atomic mass is 32.2. The second kappa shape index (κ2) is 8.65. The topological polar surface area (TPSA) is 93.7 Å². The molecule has 7 nitrogen and oxygen atoms in total. The van der Waals surface area contributed by atoms with Crippen LogP contribution in [0.25, 0.3) is 0 Å². The van der Waals surface area contributed by atoms with E-state index in [-0.39, 0.29) is 29.0 Å². The summed E-state index contributed by atoms with van der Waals surface area (Å²) in [6, 6.07) is 6.97. The van der Waals surface area contributed by atoms with Crippen LogP contribution in [-0.2, 0) is 23.0 Å². The molecule has 0 saturated heterocycles. The summed E-state index contributed by atoms with van der Waals surface area (Å²) in [5.74, 6) is 1.17. The fourth-order valence-corrected chi connectivity index (χ4v) is 4.60. The van der Waals surface area contributed by atoms with E-state index in [4.69, 9.17) is 9.47 Å². The molecule has 0 unspecified atom stereocenters. The maximum Gasteiger partial charge on any atom is 0.251 e. The third-order valence-corrected chi connectivity index (χ3v) is 6.80. The number of aryl methyl sites for hydroxylation is 1. The fraction of sp³-hybridized carbons (Fsp3) is 0.409. The first-order valence-electron chi connectivity index (χ1n) is 9.94. The number of ether oxygens (including phenoxy) is 2. The van der Waals surface area contributed by atoms with Crippen LogP contribution in [0.2, 0.25) is 0 Å². The number of carbonyl (C=O) groups excluding carboxylic acids is 1. The van der Waals surface area contributed by atoms with Crippen LogP contribution in [0.4, 0.5) is 0 Å². The van der Waals surface area contributed by atoms with Crippen LogP contribution in [0.3, 0.4) is 0 Å². The summed E-state index contributed by atoms with van der Waals surface area (Å²) in [6.45, 7) is 8.18. The number of sulfonamides is 1. The molecule has 2 aromatic carbocycles. The lowest BCUT2D eigenvalue weighted by Gasteiger charge is -2.15. The van der Waals surface area contributed by atoms with Crippen LogP contribution >= 0.6 is 0 Å². The first kappa shape index (κ1) is 22.1. The molecule has 0 radical (unpaired) electrons. The molecule has 30 heavy (non-hydrogen) atoms. The number of fused-ring (bicyclic) bond motifs is 1. The van der Waals surface area contributed by atoms with Gasteiger partial charge in [-0.3, -0.25) is 4.79 Å². The Morgan fingerprint density at radius 2 is 1.97 bits per heavy atom. The van der Waals surface area contributed by atoms with Gasteiger partial charge in [0.25, 0.3) is 5.91 Å². The Kier molecular flexibility index (Phi) is 6.38. The number of nitrogens with one attached hydrogen (secondary N) is 2. The van der Waals surface area contributed by atoms with Crippen molar-refractivity contribution in [3.05, 3.63) is 52.1 Å². The number of hydrogen-bond donors (Lipinski definition) is 2. The number of carbonyl (C=O) groups is 1. The van der Waals surface area contributed by atoms with Crippen molar-refractivity contribution in [3.63, 3.8) is 0 Å². The Morgan fingerprint density at radius 1 is 1.23 bits per heavy atom. The van der Waals surface area contributed by atoms with Gasteiger partial charge in [-0.25, -0.2) is 13.1 Å². The summed E-state index contributed by atoms with van der Waals surface area (Å²) in [6.07, 6.45) is 0.940. The highest BCUT2D eigenvalue weighted by molar-refractivity contribution is 7.89. The molecule has 1 amide bonds. The Hall–Kier alpha value is -2.58. The minimum Gasteiger partial charge on any atom is -0.494 e. The Bertz CT molecular complexity index is 1080. The second-order valence-electron chi connectivity index (χ2n) is 7.44. The molecule has 2 aromatic rings. The number of hydrogen-bond acceptors (Lipinski definition) is 5. The molecule has 1 heterocycles. The first-order chi connectivity index (χ1) is 14.2. The maximum absolute atomic E-state index is 12.8. The average Bonchev–Trinajstić information content (AvgIpc) is 3.06. The molecule has 0 spiro atoms. The van der Waals surface area contributed by atoms with E-state index < -0.39 is 10.0 Å². The zero-order chi connectivity index (χ0) is 22.1. The van der Waals surface area contributed by atoms with Crippen molar-refractivity contribution >= 4 is 15.9 Å². The smallest absolute Gasteiger partial charge is 0.251 e. The quantitative estimate of drug-likeness (QED) is 0.702. The van der Waals surface area contributed by atoms with Gasteiger partial charge in [-0.15, -0.1) is 0 Å². The number of rotatable bonds is 7. The Morgan fingerprint density at radius 3 is 2.63 bits per heavy atom. The van der Waals surface area contributed by atoms with Crippen LogP contribution in [-0.4, -0.2) is 34.1 Å². The van der Waals surface area contributed by atoms with Crippen molar-refractivity contribution in [1.82, 2.24) is 10.0 Å².